The van der Waals surface area contributed by atoms with Crippen LogP contribution in [0.5, 0.6) is 0 Å². The highest BCUT2D eigenvalue weighted by Crippen LogP contribution is 2.19. The lowest BCUT2D eigenvalue weighted by Gasteiger charge is -2.32. The van der Waals surface area contributed by atoms with Gasteiger partial charge < -0.3 is 19.9 Å². The van der Waals surface area contributed by atoms with E-state index < -0.39 is 0 Å². The average Bonchev–Trinajstić information content (AvgIpc) is 2.73. The number of esters is 1. The smallest absolute Gasteiger partial charge is 0.310 e. The van der Waals surface area contributed by atoms with Gasteiger partial charge in [0.15, 0.2) is 0 Å². The monoisotopic (exact) mass is 403 g/mol. The molecule has 0 radical (unpaired) electrons. The van der Waals surface area contributed by atoms with E-state index in [2.05, 4.69) is 5.32 Å². The van der Waals surface area contributed by atoms with Crippen molar-refractivity contribution in [2.45, 2.75) is 33.1 Å². The molecule has 0 saturated carbocycles. The van der Waals surface area contributed by atoms with Crippen LogP contribution in [-0.4, -0.2) is 66.8 Å². The molecule has 1 aliphatic rings. The summed E-state index contributed by atoms with van der Waals surface area (Å²) in [4.78, 5) is 51.8. The Balaban J connectivity index is 1.96. The first-order chi connectivity index (χ1) is 13.8. The second-order valence-electron chi connectivity index (χ2n) is 7.07. The maximum atomic E-state index is 12.7. The lowest BCUT2D eigenvalue weighted by molar-refractivity contribution is -0.151. The molecular weight excluding hydrogens is 374 g/mol. The quantitative estimate of drug-likeness (QED) is 0.702. The number of ether oxygens (including phenoxy) is 1. The Kier molecular flexibility index (Phi) is 8.18. The molecule has 1 heterocycles. The van der Waals surface area contributed by atoms with Crippen LogP contribution in [0, 0.1) is 5.92 Å². The van der Waals surface area contributed by atoms with E-state index in [-0.39, 0.29) is 36.2 Å². The third-order valence-corrected chi connectivity index (χ3v) is 4.83. The summed E-state index contributed by atoms with van der Waals surface area (Å²) in [6, 6.07) is 6.62. The molecule has 0 aromatic heterocycles. The van der Waals surface area contributed by atoms with Crippen LogP contribution in [0.15, 0.2) is 24.3 Å². The second-order valence-corrected chi connectivity index (χ2v) is 7.07. The van der Waals surface area contributed by atoms with Gasteiger partial charge in [0, 0.05) is 37.8 Å². The molecule has 1 unspecified atom stereocenters. The highest BCUT2D eigenvalue weighted by atomic mass is 16.5. The molecular formula is C21H29N3O5. The second kappa shape index (κ2) is 10.6. The third kappa shape index (κ3) is 6.30. The van der Waals surface area contributed by atoms with Crippen LogP contribution in [0.4, 0.5) is 5.69 Å². The van der Waals surface area contributed by atoms with Crippen molar-refractivity contribution in [2.24, 2.45) is 5.92 Å². The molecule has 3 amide bonds. The highest BCUT2D eigenvalue weighted by Gasteiger charge is 2.30. The Labute approximate surface area is 171 Å². The van der Waals surface area contributed by atoms with Gasteiger partial charge in [-0.05, 0) is 38.0 Å². The van der Waals surface area contributed by atoms with E-state index in [1.807, 2.05) is 0 Å². The summed E-state index contributed by atoms with van der Waals surface area (Å²) in [5.41, 5.74) is 0.924. The normalized spacial score (nSPS) is 16.1. The number of anilines is 1. The largest absolute Gasteiger partial charge is 0.466 e. The Bertz CT molecular complexity index is 764. The van der Waals surface area contributed by atoms with Gasteiger partial charge in [0.25, 0.3) is 5.91 Å². The Hall–Kier alpha value is -2.90. The maximum Gasteiger partial charge on any atom is 0.310 e. The molecule has 1 aliphatic heterocycles. The summed E-state index contributed by atoms with van der Waals surface area (Å²) >= 11 is 0. The molecule has 158 valence electrons. The summed E-state index contributed by atoms with van der Waals surface area (Å²) < 4.78 is 5.06. The molecule has 29 heavy (non-hydrogen) atoms. The zero-order valence-corrected chi connectivity index (χ0v) is 17.3. The van der Waals surface area contributed by atoms with Gasteiger partial charge in [-0.15, -0.1) is 0 Å². The van der Waals surface area contributed by atoms with Crippen molar-refractivity contribution in [2.75, 3.05) is 38.6 Å². The van der Waals surface area contributed by atoms with Crippen molar-refractivity contribution in [1.82, 2.24) is 9.80 Å². The molecule has 1 N–H and O–H groups in total. The summed E-state index contributed by atoms with van der Waals surface area (Å²) in [7, 11) is 1.56. The lowest BCUT2D eigenvalue weighted by Crippen LogP contribution is -2.47. The summed E-state index contributed by atoms with van der Waals surface area (Å²) in [6.45, 7) is 4.62. The summed E-state index contributed by atoms with van der Waals surface area (Å²) in [6.07, 6.45) is 1.77. The molecule has 1 fully saturated rings. The van der Waals surface area contributed by atoms with Crippen LogP contribution in [0.25, 0.3) is 0 Å². The van der Waals surface area contributed by atoms with E-state index >= 15 is 0 Å². The van der Waals surface area contributed by atoms with Gasteiger partial charge >= 0.3 is 5.97 Å². The SMILES string of the molecule is CCOC(=O)C1CCCN(C(=O)CN(C)C(=O)c2cccc(NC(=O)CC)c2)C1. The van der Waals surface area contributed by atoms with Crippen molar-refractivity contribution < 1.29 is 23.9 Å². The van der Waals surface area contributed by atoms with Crippen molar-refractivity contribution in [3.63, 3.8) is 0 Å². The van der Waals surface area contributed by atoms with Gasteiger partial charge in [0.1, 0.15) is 0 Å². The van der Waals surface area contributed by atoms with Gasteiger partial charge in [0.2, 0.25) is 11.8 Å². The van der Waals surface area contributed by atoms with Gasteiger partial charge in [-0.2, -0.15) is 0 Å². The van der Waals surface area contributed by atoms with E-state index in [0.717, 1.165) is 6.42 Å². The number of piperidine rings is 1. The zero-order chi connectivity index (χ0) is 21.4. The topological polar surface area (TPSA) is 96.0 Å². The number of hydrogen-bond donors (Lipinski definition) is 1. The van der Waals surface area contributed by atoms with Crippen molar-refractivity contribution in [3.8, 4) is 0 Å². The fraction of sp³-hybridized carbons (Fsp3) is 0.524. The number of nitrogens with zero attached hydrogens (tertiary/aromatic N) is 2. The first kappa shape index (κ1) is 22.4. The first-order valence-corrected chi connectivity index (χ1v) is 9.95. The minimum atomic E-state index is -0.315. The number of likely N-dealkylation sites (tertiary alicyclic amines) is 1. The summed E-state index contributed by atoms with van der Waals surface area (Å²) in [5.74, 6) is -1.25. The Morgan fingerprint density at radius 3 is 2.69 bits per heavy atom. The number of rotatable bonds is 7. The van der Waals surface area contributed by atoms with Crippen LogP contribution in [0.1, 0.15) is 43.5 Å². The van der Waals surface area contributed by atoms with E-state index in [1.54, 1.807) is 50.1 Å². The van der Waals surface area contributed by atoms with Gasteiger partial charge in [-0.1, -0.05) is 13.0 Å². The van der Waals surface area contributed by atoms with Crippen LogP contribution in [-0.2, 0) is 19.1 Å². The molecule has 1 saturated heterocycles. The number of carbonyl (C=O) groups excluding carboxylic acids is 4. The highest BCUT2D eigenvalue weighted by molar-refractivity contribution is 5.98. The predicted molar refractivity (Wildman–Crippen MR) is 108 cm³/mol. The minimum absolute atomic E-state index is 0.0834. The van der Waals surface area contributed by atoms with Gasteiger partial charge in [-0.25, -0.2) is 0 Å². The molecule has 1 aromatic carbocycles. The molecule has 1 aromatic rings. The Morgan fingerprint density at radius 1 is 1.24 bits per heavy atom. The molecule has 0 spiro atoms. The number of hydrogen-bond acceptors (Lipinski definition) is 5. The molecule has 8 nitrogen and oxygen atoms in total. The first-order valence-electron chi connectivity index (χ1n) is 9.95. The van der Waals surface area contributed by atoms with Crippen molar-refractivity contribution >= 4 is 29.4 Å². The molecule has 8 heteroatoms. The number of nitrogens with one attached hydrogen (secondary N) is 1. The van der Waals surface area contributed by atoms with Crippen molar-refractivity contribution in [1.29, 1.82) is 0 Å². The van der Waals surface area contributed by atoms with Crippen LogP contribution in [0.3, 0.4) is 0 Å². The number of likely N-dealkylation sites (N-methyl/N-ethyl adjacent to an activating group) is 1. The molecule has 2 rings (SSSR count). The van der Waals surface area contributed by atoms with E-state index in [4.69, 9.17) is 4.74 Å². The molecule has 0 bridgehead atoms. The molecule has 1 atom stereocenters. The fourth-order valence-corrected chi connectivity index (χ4v) is 3.23. The van der Waals surface area contributed by atoms with Gasteiger partial charge in [-0.3, -0.25) is 19.2 Å². The van der Waals surface area contributed by atoms with Crippen LogP contribution >= 0.6 is 0 Å². The van der Waals surface area contributed by atoms with E-state index in [9.17, 15) is 19.2 Å². The zero-order valence-electron chi connectivity index (χ0n) is 17.3. The predicted octanol–water partition coefficient (Wildman–Crippen LogP) is 1.91. The third-order valence-electron chi connectivity index (χ3n) is 4.83. The average molecular weight is 403 g/mol. The number of amides is 3. The Morgan fingerprint density at radius 2 is 2.00 bits per heavy atom. The van der Waals surface area contributed by atoms with Crippen molar-refractivity contribution in [3.05, 3.63) is 29.8 Å². The maximum absolute atomic E-state index is 12.7. The van der Waals surface area contributed by atoms with E-state index in [1.165, 1.54) is 4.90 Å². The van der Waals surface area contributed by atoms with E-state index in [0.29, 0.717) is 43.8 Å². The fourth-order valence-electron chi connectivity index (χ4n) is 3.23. The van der Waals surface area contributed by atoms with Gasteiger partial charge in [0.05, 0.1) is 19.1 Å². The number of benzene rings is 1. The van der Waals surface area contributed by atoms with Crippen LogP contribution < -0.4 is 5.32 Å². The molecule has 0 aliphatic carbocycles. The summed E-state index contributed by atoms with van der Waals surface area (Å²) in [5, 5.41) is 2.72. The van der Waals surface area contributed by atoms with Crippen LogP contribution in [0.2, 0.25) is 0 Å². The lowest BCUT2D eigenvalue weighted by atomic mass is 9.98. The number of carbonyl (C=O) groups is 4. The minimum Gasteiger partial charge on any atom is -0.466 e. The standard InChI is InChI=1S/C21H29N3O5/c1-4-18(25)22-17-10-6-8-15(12-17)20(27)23(3)14-19(26)24-11-7-9-16(13-24)21(28)29-5-2/h6,8,10,12,16H,4-5,7,9,11,13-14H2,1-3H3,(H,22,25).